The molecule has 0 aromatic heterocycles. The molecule has 0 aliphatic carbocycles. The van der Waals surface area contributed by atoms with E-state index < -0.39 is 21.4 Å². The first kappa shape index (κ1) is 10.8. The van der Waals surface area contributed by atoms with E-state index >= 15 is 0 Å². The summed E-state index contributed by atoms with van der Waals surface area (Å²) >= 11 is 0. The molecule has 0 spiro atoms. The van der Waals surface area contributed by atoms with Gasteiger partial charge in [0.2, 0.25) is 0 Å². The van der Waals surface area contributed by atoms with Gasteiger partial charge in [0.25, 0.3) is 10.1 Å². The summed E-state index contributed by atoms with van der Waals surface area (Å²) in [7, 11) is -3.96. The minimum absolute atomic E-state index is 0.0440. The molecule has 0 aliphatic rings. The highest BCUT2D eigenvalue weighted by molar-refractivity contribution is 7.85. The van der Waals surface area contributed by atoms with Crippen LogP contribution in [0.1, 0.15) is 13.3 Å². The van der Waals surface area contributed by atoms with Crippen LogP contribution in [0.3, 0.4) is 0 Å². The van der Waals surface area contributed by atoms with Gasteiger partial charge in [-0.25, -0.2) is 0 Å². The fourth-order valence-electron chi connectivity index (χ4n) is 0.441. The van der Waals surface area contributed by atoms with E-state index in [1.165, 1.54) is 6.92 Å². The lowest BCUT2D eigenvalue weighted by Crippen LogP contribution is -2.41. The Balaban J connectivity index is 3.90. The number of aliphatic hydroxyl groups excluding tert-OH is 1. The highest BCUT2D eigenvalue weighted by atomic mass is 32.2. The molecule has 0 amide bonds. The first-order valence-corrected chi connectivity index (χ1v) is 4.73. The van der Waals surface area contributed by atoms with Crippen molar-refractivity contribution in [2.75, 3.05) is 12.4 Å². The molecule has 0 aromatic rings. The van der Waals surface area contributed by atoms with Crippen molar-refractivity contribution in [2.45, 2.75) is 18.9 Å². The number of hydrogen-bond acceptors (Lipinski definition) is 4. The summed E-state index contributed by atoms with van der Waals surface area (Å²) < 4.78 is 28.7. The van der Waals surface area contributed by atoms with Gasteiger partial charge >= 0.3 is 0 Å². The van der Waals surface area contributed by atoms with Gasteiger partial charge in [-0.2, -0.15) is 8.42 Å². The van der Waals surface area contributed by atoms with Gasteiger partial charge < -0.3 is 10.8 Å². The van der Waals surface area contributed by atoms with Gasteiger partial charge in [0.1, 0.15) is 0 Å². The van der Waals surface area contributed by atoms with E-state index in [1.54, 1.807) is 0 Å². The Kier molecular flexibility index (Phi) is 3.43. The van der Waals surface area contributed by atoms with Gasteiger partial charge in [0.15, 0.2) is 0 Å². The first-order valence-electron chi connectivity index (χ1n) is 3.12. The summed E-state index contributed by atoms with van der Waals surface area (Å²) in [6.45, 7) is 1.21. The van der Waals surface area contributed by atoms with E-state index in [2.05, 4.69) is 0 Å². The van der Waals surface area contributed by atoms with E-state index in [-0.39, 0.29) is 13.0 Å². The van der Waals surface area contributed by atoms with E-state index in [4.69, 9.17) is 15.4 Å². The molecule has 0 radical (unpaired) electrons. The lowest BCUT2D eigenvalue weighted by atomic mass is 10.0. The molecule has 0 rings (SSSR count). The zero-order chi connectivity index (χ0) is 9.12. The van der Waals surface area contributed by atoms with E-state index in [9.17, 15) is 8.42 Å². The normalized spacial score (nSPS) is 17.8. The molecule has 0 bridgehead atoms. The Bertz CT molecular complexity index is 209. The Labute approximate surface area is 66.0 Å². The molecule has 4 N–H and O–H groups in total. The number of nitrogens with two attached hydrogens (primary N) is 1. The van der Waals surface area contributed by atoms with Crippen LogP contribution in [0.2, 0.25) is 0 Å². The number of rotatable bonds is 4. The summed E-state index contributed by atoms with van der Waals surface area (Å²) in [5, 5.41) is 8.59. The maximum Gasteiger partial charge on any atom is 0.264 e. The van der Waals surface area contributed by atoms with Crippen LogP contribution in [0.4, 0.5) is 0 Å². The van der Waals surface area contributed by atoms with Crippen molar-refractivity contribution in [1.29, 1.82) is 0 Å². The van der Waals surface area contributed by atoms with Crippen molar-refractivity contribution in [2.24, 2.45) is 5.73 Å². The summed E-state index contributed by atoms with van der Waals surface area (Å²) in [4.78, 5) is 0. The second kappa shape index (κ2) is 3.48. The minimum atomic E-state index is -3.96. The molecular formula is C5H13NO4S. The van der Waals surface area contributed by atoms with Crippen LogP contribution >= 0.6 is 0 Å². The van der Waals surface area contributed by atoms with Crippen molar-refractivity contribution in [3.8, 4) is 0 Å². The molecular weight excluding hydrogens is 170 g/mol. The molecule has 0 saturated heterocycles. The fourth-order valence-corrected chi connectivity index (χ4v) is 1.17. The van der Waals surface area contributed by atoms with E-state index in [0.29, 0.717) is 0 Å². The number of hydrogen-bond donors (Lipinski definition) is 3. The summed E-state index contributed by atoms with van der Waals surface area (Å²) in [5.41, 5.74) is 4.46. The molecule has 0 saturated carbocycles. The molecule has 1 unspecified atom stereocenters. The maximum atomic E-state index is 10.2. The summed E-state index contributed by atoms with van der Waals surface area (Å²) in [6.07, 6.45) is 0.0440. The van der Waals surface area contributed by atoms with Gasteiger partial charge in [0, 0.05) is 5.54 Å². The Hall–Kier alpha value is -0.170. The van der Waals surface area contributed by atoms with Crippen LogP contribution in [0.5, 0.6) is 0 Å². The quantitative estimate of drug-likeness (QED) is 0.484. The van der Waals surface area contributed by atoms with Crippen LogP contribution < -0.4 is 5.73 Å². The molecule has 0 aliphatic heterocycles. The molecule has 0 aromatic carbocycles. The van der Waals surface area contributed by atoms with Crippen molar-refractivity contribution in [3.05, 3.63) is 0 Å². The second-order valence-electron chi connectivity index (χ2n) is 2.85. The smallest absolute Gasteiger partial charge is 0.264 e. The summed E-state index contributed by atoms with van der Waals surface area (Å²) in [5.74, 6) is -0.416. The first-order chi connectivity index (χ1) is 4.77. The lowest BCUT2D eigenvalue weighted by Gasteiger charge is -2.19. The molecule has 0 heterocycles. The molecule has 5 nitrogen and oxygen atoms in total. The monoisotopic (exact) mass is 183 g/mol. The number of aliphatic hydroxyl groups is 1. The van der Waals surface area contributed by atoms with Gasteiger partial charge in [-0.3, -0.25) is 4.55 Å². The van der Waals surface area contributed by atoms with Crippen LogP contribution in [0, 0.1) is 0 Å². The second-order valence-corrected chi connectivity index (χ2v) is 4.42. The van der Waals surface area contributed by atoms with Crippen molar-refractivity contribution < 1.29 is 18.1 Å². The van der Waals surface area contributed by atoms with Crippen molar-refractivity contribution >= 4 is 10.1 Å². The Morgan fingerprint density at radius 3 is 2.27 bits per heavy atom. The van der Waals surface area contributed by atoms with Gasteiger partial charge in [0.05, 0.1) is 12.4 Å². The standard InChI is InChI=1S/C5H13NO4S/c1-5(6,4-7)2-3-11(8,9)10/h7H,2-4,6H2,1H3,(H,8,9,10). The molecule has 68 valence electrons. The minimum Gasteiger partial charge on any atom is -0.394 e. The largest absolute Gasteiger partial charge is 0.394 e. The van der Waals surface area contributed by atoms with Gasteiger partial charge in [-0.15, -0.1) is 0 Å². The zero-order valence-corrected chi connectivity index (χ0v) is 7.13. The third kappa shape index (κ3) is 6.24. The predicted octanol–water partition coefficient (Wildman–Crippen LogP) is -1.03. The third-order valence-corrected chi connectivity index (χ3v) is 2.01. The predicted molar refractivity (Wildman–Crippen MR) is 40.7 cm³/mol. The van der Waals surface area contributed by atoms with Crippen molar-refractivity contribution in [1.82, 2.24) is 0 Å². The Morgan fingerprint density at radius 1 is 1.55 bits per heavy atom. The third-order valence-electron chi connectivity index (χ3n) is 1.29. The SMILES string of the molecule is CC(N)(CO)CCS(=O)(=O)O. The lowest BCUT2D eigenvalue weighted by molar-refractivity contribution is 0.205. The Morgan fingerprint density at radius 2 is 2.00 bits per heavy atom. The van der Waals surface area contributed by atoms with Crippen LogP contribution in [0.15, 0.2) is 0 Å². The average Bonchev–Trinajstić information content (AvgIpc) is 1.83. The van der Waals surface area contributed by atoms with Crippen LogP contribution in [0.25, 0.3) is 0 Å². The van der Waals surface area contributed by atoms with Gasteiger partial charge in [-0.1, -0.05) is 0 Å². The topological polar surface area (TPSA) is 101 Å². The van der Waals surface area contributed by atoms with E-state index in [0.717, 1.165) is 0 Å². The molecule has 11 heavy (non-hydrogen) atoms. The average molecular weight is 183 g/mol. The van der Waals surface area contributed by atoms with Crippen molar-refractivity contribution in [3.63, 3.8) is 0 Å². The summed E-state index contributed by atoms with van der Waals surface area (Å²) in [6, 6.07) is 0. The fraction of sp³-hybridized carbons (Fsp3) is 1.00. The van der Waals surface area contributed by atoms with Crippen LogP contribution in [-0.2, 0) is 10.1 Å². The highest BCUT2D eigenvalue weighted by Gasteiger charge is 2.19. The molecule has 1 atom stereocenters. The van der Waals surface area contributed by atoms with Gasteiger partial charge in [-0.05, 0) is 13.3 Å². The molecule has 6 heteroatoms. The maximum absolute atomic E-state index is 10.2. The zero-order valence-electron chi connectivity index (χ0n) is 6.32. The molecule has 0 fully saturated rings. The highest BCUT2D eigenvalue weighted by Crippen LogP contribution is 2.05. The van der Waals surface area contributed by atoms with E-state index in [1.807, 2.05) is 0 Å². The van der Waals surface area contributed by atoms with Crippen LogP contribution in [-0.4, -0.2) is 36.0 Å².